The number of aliphatic hydroxyl groups is 1. The minimum atomic E-state index is -0.360. The van der Waals surface area contributed by atoms with E-state index in [1.54, 1.807) is 22.6 Å². The molecule has 1 aliphatic heterocycles. The Hall–Kier alpha value is -2.69. The number of carbonyl (C=O) groups excluding carboxylic acids is 1. The highest BCUT2D eigenvalue weighted by atomic mass is 32.1. The van der Waals surface area contributed by atoms with Crippen LogP contribution in [0.25, 0.3) is 20.4 Å². The predicted octanol–water partition coefficient (Wildman–Crippen LogP) is 2.75. The molecule has 1 atom stereocenters. The van der Waals surface area contributed by atoms with Gasteiger partial charge in [-0.1, -0.05) is 4.49 Å². The zero-order chi connectivity index (χ0) is 20.2. The summed E-state index contributed by atoms with van der Waals surface area (Å²) in [5, 5.41) is 18.1. The number of anilines is 2. The van der Waals surface area contributed by atoms with Gasteiger partial charge in [0.2, 0.25) is 5.91 Å². The van der Waals surface area contributed by atoms with Crippen LogP contribution in [-0.2, 0) is 17.6 Å². The summed E-state index contributed by atoms with van der Waals surface area (Å²) in [4.78, 5) is 25.7. The highest BCUT2D eigenvalue weighted by Crippen LogP contribution is 2.41. The molecule has 2 N–H and O–H groups in total. The number of aromatic nitrogens is 4. The topological polar surface area (TPSA) is 104 Å². The predicted molar refractivity (Wildman–Crippen MR) is 116 cm³/mol. The number of thiophene rings is 1. The number of aryl methyl sites for hydroxylation is 1. The van der Waals surface area contributed by atoms with Gasteiger partial charge in [0.25, 0.3) is 0 Å². The summed E-state index contributed by atoms with van der Waals surface area (Å²) in [6.07, 6.45) is 3.61. The van der Waals surface area contributed by atoms with Crippen LogP contribution < -0.4 is 5.32 Å². The van der Waals surface area contributed by atoms with Crippen LogP contribution in [0.4, 0.5) is 11.5 Å². The van der Waals surface area contributed by atoms with E-state index in [9.17, 15) is 9.90 Å². The minimum absolute atomic E-state index is 0.0105. The van der Waals surface area contributed by atoms with Crippen LogP contribution in [0.15, 0.2) is 24.5 Å². The molecule has 3 aromatic heterocycles. The van der Waals surface area contributed by atoms with Crippen LogP contribution in [0.1, 0.15) is 16.9 Å². The van der Waals surface area contributed by atoms with Crippen LogP contribution in [0, 0.1) is 5.92 Å². The van der Waals surface area contributed by atoms with E-state index in [1.165, 1.54) is 22.0 Å². The normalized spacial score (nSPS) is 19.1. The second-order valence-electron chi connectivity index (χ2n) is 7.82. The van der Waals surface area contributed by atoms with Crippen molar-refractivity contribution in [2.75, 3.05) is 18.4 Å². The third-order valence-corrected chi connectivity index (χ3v) is 7.73. The molecule has 4 aromatic rings. The van der Waals surface area contributed by atoms with Crippen LogP contribution in [0.5, 0.6) is 0 Å². The molecule has 0 unspecified atom stereocenters. The molecule has 1 aromatic carbocycles. The van der Waals surface area contributed by atoms with E-state index in [0.717, 1.165) is 51.2 Å². The van der Waals surface area contributed by atoms with Crippen molar-refractivity contribution in [3.8, 4) is 0 Å². The van der Waals surface area contributed by atoms with Gasteiger partial charge < -0.3 is 15.3 Å². The third kappa shape index (κ3) is 2.94. The molecular formula is C20H18N6O2S2. The maximum absolute atomic E-state index is 12.7. The number of carbonyl (C=O) groups is 1. The van der Waals surface area contributed by atoms with Crippen LogP contribution in [-0.4, -0.2) is 54.7 Å². The molecule has 152 valence electrons. The molecule has 8 nitrogen and oxygen atoms in total. The number of hydrogen-bond acceptors (Lipinski definition) is 9. The van der Waals surface area contributed by atoms with E-state index in [4.69, 9.17) is 0 Å². The summed E-state index contributed by atoms with van der Waals surface area (Å²) in [5.41, 5.74) is 3.08. The first kappa shape index (κ1) is 18.1. The smallest absolute Gasteiger partial charge is 0.226 e. The van der Waals surface area contributed by atoms with E-state index >= 15 is 0 Å². The largest absolute Gasteiger partial charge is 0.389 e. The van der Waals surface area contributed by atoms with Crippen LogP contribution >= 0.6 is 22.9 Å². The second-order valence-corrected chi connectivity index (χ2v) is 9.69. The van der Waals surface area contributed by atoms with E-state index < -0.39 is 0 Å². The number of amides is 1. The minimum Gasteiger partial charge on any atom is -0.389 e. The summed E-state index contributed by atoms with van der Waals surface area (Å²) >= 11 is 3.03. The maximum Gasteiger partial charge on any atom is 0.226 e. The van der Waals surface area contributed by atoms with Gasteiger partial charge in [-0.05, 0) is 54.6 Å². The van der Waals surface area contributed by atoms with Crippen molar-refractivity contribution in [2.24, 2.45) is 5.92 Å². The lowest BCUT2D eigenvalue weighted by molar-refractivity contribution is -0.146. The highest BCUT2D eigenvalue weighted by Gasteiger charge is 2.36. The second kappa shape index (κ2) is 6.93. The molecule has 1 aliphatic carbocycles. The van der Waals surface area contributed by atoms with Gasteiger partial charge in [0.1, 0.15) is 22.5 Å². The Morgan fingerprint density at radius 3 is 3.03 bits per heavy atom. The van der Waals surface area contributed by atoms with Crippen LogP contribution in [0.3, 0.4) is 0 Å². The van der Waals surface area contributed by atoms with Crippen molar-refractivity contribution in [1.82, 2.24) is 24.5 Å². The lowest BCUT2D eigenvalue weighted by Gasteiger charge is -2.38. The van der Waals surface area contributed by atoms with Crippen molar-refractivity contribution in [3.63, 3.8) is 0 Å². The van der Waals surface area contributed by atoms with Crippen LogP contribution in [0.2, 0.25) is 0 Å². The van der Waals surface area contributed by atoms with Gasteiger partial charge in [-0.15, -0.1) is 16.4 Å². The first-order chi connectivity index (χ1) is 14.7. The van der Waals surface area contributed by atoms with Gasteiger partial charge in [0.15, 0.2) is 0 Å². The Balaban J connectivity index is 1.31. The third-order valence-electron chi connectivity index (χ3n) is 5.88. The van der Waals surface area contributed by atoms with Gasteiger partial charge in [-0.3, -0.25) is 4.79 Å². The average Bonchev–Trinajstić information content (AvgIpc) is 3.34. The van der Waals surface area contributed by atoms with E-state index in [2.05, 4.69) is 24.9 Å². The number of fused-ring (bicyclic) bond motifs is 4. The zero-order valence-corrected chi connectivity index (χ0v) is 17.5. The van der Waals surface area contributed by atoms with Crippen molar-refractivity contribution in [2.45, 2.75) is 25.4 Å². The van der Waals surface area contributed by atoms with Gasteiger partial charge in [-0.2, -0.15) is 0 Å². The molecule has 0 bridgehead atoms. The fourth-order valence-electron chi connectivity index (χ4n) is 4.30. The molecule has 2 aliphatic rings. The summed E-state index contributed by atoms with van der Waals surface area (Å²) in [6.45, 7) is 0.932. The lowest BCUT2D eigenvalue weighted by atomic mass is 9.86. The van der Waals surface area contributed by atoms with Gasteiger partial charge in [0.05, 0.1) is 16.2 Å². The Bertz CT molecular complexity index is 1280. The summed E-state index contributed by atoms with van der Waals surface area (Å²) in [5.74, 6) is 0.952. The summed E-state index contributed by atoms with van der Waals surface area (Å²) < 4.78 is 5.02. The lowest BCUT2D eigenvalue weighted by Crippen LogP contribution is -2.55. The molecule has 4 heterocycles. The fourth-order valence-corrected chi connectivity index (χ4v) is 6.17. The van der Waals surface area contributed by atoms with Gasteiger partial charge >= 0.3 is 0 Å². The molecule has 6 rings (SSSR count). The molecule has 1 saturated heterocycles. The molecule has 1 amide bonds. The van der Waals surface area contributed by atoms with E-state index in [-0.39, 0.29) is 17.9 Å². The number of hydrogen-bond donors (Lipinski definition) is 2. The maximum atomic E-state index is 12.7. The van der Waals surface area contributed by atoms with Crippen molar-refractivity contribution >= 4 is 60.7 Å². The Labute approximate surface area is 179 Å². The number of β-amino-alcohol motifs (C(OH)–C–C–N with tert-alkyl or cyclic N) is 1. The summed E-state index contributed by atoms with van der Waals surface area (Å²) in [6, 6.07) is 5.96. The van der Waals surface area contributed by atoms with E-state index in [0.29, 0.717) is 13.1 Å². The molecule has 1 fully saturated rings. The number of benzene rings is 1. The van der Waals surface area contributed by atoms with Crippen molar-refractivity contribution in [3.05, 3.63) is 35.0 Å². The molecule has 0 saturated carbocycles. The average molecular weight is 439 g/mol. The number of likely N-dealkylation sites (tertiary alicyclic amines) is 1. The molecule has 0 spiro atoms. The summed E-state index contributed by atoms with van der Waals surface area (Å²) in [7, 11) is 0. The molecule has 30 heavy (non-hydrogen) atoms. The monoisotopic (exact) mass is 438 g/mol. The van der Waals surface area contributed by atoms with E-state index in [1.807, 2.05) is 18.2 Å². The SMILES string of the molecule is O=C([C@H]1CCc2c(sc3ncnc(Nc4ccc5nnsc5c4)c23)C1)N1CC(O)C1. The molecule has 10 heteroatoms. The number of aliphatic hydroxyl groups excluding tert-OH is 1. The standard InChI is InChI=1S/C20H18N6O2S2/c27-12-7-26(8-12)20(28)10-1-3-13-15(5-10)29-19-17(13)18(21-9-22-19)23-11-2-4-14-16(6-11)30-25-24-14/h2,4,6,9-10,12,27H,1,3,5,7-8H2,(H,21,22,23)/t10-/m0/s1. The van der Waals surface area contributed by atoms with Gasteiger partial charge in [0, 0.05) is 29.6 Å². The first-order valence-electron chi connectivity index (χ1n) is 9.87. The Morgan fingerprint density at radius 2 is 2.17 bits per heavy atom. The zero-order valence-electron chi connectivity index (χ0n) is 15.9. The van der Waals surface area contributed by atoms with Crippen molar-refractivity contribution in [1.29, 1.82) is 0 Å². The number of nitrogens with zero attached hydrogens (tertiary/aromatic N) is 5. The number of rotatable bonds is 3. The quantitative estimate of drug-likeness (QED) is 0.507. The van der Waals surface area contributed by atoms with Crippen molar-refractivity contribution < 1.29 is 9.90 Å². The Morgan fingerprint density at radius 1 is 1.27 bits per heavy atom. The molecule has 0 radical (unpaired) electrons. The Kier molecular flexibility index (Phi) is 4.18. The highest BCUT2D eigenvalue weighted by molar-refractivity contribution is 7.19. The number of nitrogens with one attached hydrogen (secondary N) is 1. The first-order valence-corrected chi connectivity index (χ1v) is 11.5. The fraction of sp³-hybridized carbons (Fsp3) is 0.350. The van der Waals surface area contributed by atoms with Gasteiger partial charge in [-0.25, -0.2) is 9.97 Å². The molecular weight excluding hydrogens is 420 g/mol.